The predicted octanol–water partition coefficient (Wildman–Crippen LogP) is 7.75. The molecule has 0 radical (unpaired) electrons. The van der Waals surface area contributed by atoms with Crippen LogP contribution in [0.25, 0.3) is 32.5 Å². The molecule has 2 atom stereocenters. The van der Waals surface area contributed by atoms with Gasteiger partial charge in [0.05, 0.1) is 12.6 Å². The van der Waals surface area contributed by atoms with Crippen LogP contribution in [0.15, 0.2) is 78.4 Å². The minimum atomic E-state index is -4.80. The number of ether oxygens (including phenoxy) is 2. The third-order valence-corrected chi connectivity index (χ3v) is 7.76. The molecule has 3 aromatic carbocycles. The van der Waals surface area contributed by atoms with Gasteiger partial charge in [-0.1, -0.05) is 54.1 Å². The van der Waals surface area contributed by atoms with Gasteiger partial charge in [0, 0.05) is 21.5 Å². The number of carbonyl (C=O) groups is 1. The van der Waals surface area contributed by atoms with Gasteiger partial charge in [-0.3, -0.25) is 4.79 Å². The van der Waals surface area contributed by atoms with E-state index < -0.39 is 24.3 Å². The maximum atomic E-state index is 14.6. The zero-order chi connectivity index (χ0) is 30.0. The molecule has 0 amide bonds. The number of rotatable bonds is 9. The number of thiophene rings is 1. The van der Waals surface area contributed by atoms with Gasteiger partial charge in [0.25, 0.3) is 0 Å². The molecule has 0 aliphatic heterocycles. The molecule has 43 heavy (non-hydrogen) atoms. The summed E-state index contributed by atoms with van der Waals surface area (Å²) in [6, 6.07) is 16.8. The Balaban J connectivity index is 0.00000423. The molecule has 3 N–H and O–H groups in total. The van der Waals surface area contributed by atoms with Crippen LogP contribution in [-0.4, -0.2) is 40.4 Å². The van der Waals surface area contributed by atoms with Gasteiger partial charge in [0.2, 0.25) is 12.0 Å². The Labute approximate surface area is 259 Å². The minimum absolute atomic E-state index is 0. The highest BCUT2D eigenvalue weighted by molar-refractivity contribution is 7.18. The van der Waals surface area contributed by atoms with Gasteiger partial charge < -0.3 is 20.3 Å². The van der Waals surface area contributed by atoms with E-state index in [0.717, 1.165) is 28.8 Å². The van der Waals surface area contributed by atoms with Crippen molar-refractivity contribution >= 4 is 51.5 Å². The number of nitrogens with two attached hydrogens (primary N) is 1. The largest absolute Gasteiger partial charge is 0.497 e. The van der Waals surface area contributed by atoms with Gasteiger partial charge >= 0.3 is 12.1 Å². The van der Waals surface area contributed by atoms with Crippen LogP contribution in [0.2, 0.25) is 5.02 Å². The third kappa shape index (κ3) is 7.02. The molecule has 2 aromatic heterocycles. The Morgan fingerprint density at radius 3 is 2.47 bits per heavy atom. The van der Waals surface area contributed by atoms with E-state index in [1.165, 1.54) is 25.3 Å². The molecule has 2 heterocycles. The number of alkyl halides is 3. The number of benzene rings is 3. The summed E-state index contributed by atoms with van der Waals surface area (Å²) >= 11 is 7.36. The number of hydrogen-bond donors (Lipinski definition) is 2. The molecule has 0 aliphatic rings. The fraction of sp³-hybridized carbons (Fsp3) is 0.167. The van der Waals surface area contributed by atoms with Crippen molar-refractivity contribution in [1.29, 1.82) is 0 Å². The van der Waals surface area contributed by atoms with Crippen molar-refractivity contribution in [3.63, 3.8) is 0 Å². The molecule has 5 rings (SSSR count). The number of halogens is 5. The number of aromatic nitrogens is 2. The van der Waals surface area contributed by atoms with Crippen LogP contribution in [0.3, 0.4) is 0 Å². The first-order valence-corrected chi connectivity index (χ1v) is 13.8. The zero-order valence-electron chi connectivity index (χ0n) is 22.3. The number of carboxylic acids is 1. The second kappa shape index (κ2) is 13.2. The summed E-state index contributed by atoms with van der Waals surface area (Å²) < 4.78 is 55.1. The highest BCUT2D eigenvalue weighted by Crippen LogP contribution is 2.44. The number of carboxylic acid groups (broad SMARTS) is 1. The standard InChI is InChI=1S/C30H23ClF3N3O4S.ClH/c1-40-20-4-2-3-18(12-20)22-13-19(31)9-10-21(22)27(30(32,33)34)41-28-26-25(36-15-37-28)23(14-42-26)17-7-5-16(6-8-17)11-24(35)29(38)39;/h2-10,12-15,24,27H,11,35H2,1H3,(H,38,39);1H. The quantitative estimate of drug-likeness (QED) is 0.168. The van der Waals surface area contributed by atoms with Crippen molar-refractivity contribution in [1.82, 2.24) is 9.97 Å². The number of fused-ring (bicyclic) bond motifs is 1. The second-order valence-electron chi connectivity index (χ2n) is 9.35. The van der Waals surface area contributed by atoms with Gasteiger partial charge in [-0.15, -0.1) is 23.7 Å². The minimum Gasteiger partial charge on any atom is -0.497 e. The number of nitrogens with zero attached hydrogens (tertiary/aromatic N) is 2. The number of hydrogen-bond acceptors (Lipinski definition) is 7. The lowest BCUT2D eigenvalue weighted by atomic mass is 9.95. The summed E-state index contributed by atoms with van der Waals surface area (Å²) in [6.45, 7) is 0. The second-order valence-corrected chi connectivity index (χ2v) is 10.7. The predicted molar refractivity (Wildman–Crippen MR) is 162 cm³/mol. The van der Waals surface area contributed by atoms with Crippen LogP contribution in [-0.2, 0) is 11.2 Å². The van der Waals surface area contributed by atoms with Gasteiger partial charge in [-0.25, -0.2) is 9.97 Å². The Morgan fingerprint density at radius 2 is 1.79 bits per heavy atom. The van der Waals surface area contributed by atoms with Crippen LogP contribution < -0.4 is 15.2 Å². The summed E-state index contributed by atoms with van der Waals surface area (Å²) in [4.78, 5) is 19.4. The first-order chi connectivity index (χ1) is 20.0. The van der Waals surface area contributed by atoms with Crippen molar-refractivity contribution < 1.29 is 32.5 Å². The summed E-state index contributed by atoms with van der Waals surface area (Å²) in [5.41, 5.74) is 8.76. The van der Waals surface area contributed by atoms with Crippen LogP contribution in [0.5, 0.6) is 11.6 Å². The monoisotopic (exact) mass is 649 g/mol. The summed E-state index contributed by atoms with van der Waals surface area (Å²) in [5, 5.41) is 11.1. The first kappa shape index (κ1) is 32.0. The number of methoxy groups -OCH3 is 1. The van der Waals surface area contributed by atoms with Crippen molar-refractivity contribution in [2.45, 2.75) is 24.7 Å². The van der Waals surface area contributed by atoms with Crippen LogP contribution >= 0.6 is 35.3 Å². The highest BCUT2D eigenvalue weighted by atomic mass is 35.5. The van der Waals surface area contributed by atoms with E-state index in [9.17, 15) is 18.0 Å². The molecule has 7 nitrogen and oxygen atoms in total. The lowest BCUT2D eigenvalue weighted by molar-refractivity contribution is -0.198. The molecule has 2 unspecified atom stereocenters. The summed E-state index contributed by atoms with van der Waals surface area (Å²) in [7, 11) is 1.47. The molecular formula is C30H24Cl2F3N3O4S. The van der Waals surface area contributed by atoms with Crippen LogP contribution in [0, 0.1) is 0 Å². The molecular weight excluding hydrogens is 626 g/mol. The molecule has 0 spiro atoms. The average molecular weight is 651 g/mol. The average Bonchev–Trinajstić information content (AvgIpc) is 3.41. The van der Waals surface area contributed by atoms with Gasteiger partial charge in [-0.2, -0.15) is 13.2 Å². The van der Waals surface area contributed by atoms with E-state index in [1.54, 1.807) is 53.9 Å². The van der Waals surface area contributed by atoms with E-state index in [0.29, 0.717) is 27.1 Å². The third-order valence-electron chi connectivity index (χ3n) is 6.56. The molecule has 13 heteroatoms. The molecule has 0 bridgehead atoms. The molecule has 224 valence electrons. The van der Waals surface area contributed by atoms with E-state index in [-0.39, 0.29) is 40.9 Å². The Kier molecular flexibility index (Phi) is 9.81. The van der Waals surface area contributed by atoms with Crippen molar-refractivity contribution in [3.8, 4) is 33.9 Å². The fourth-order valence-corrected chi connectivity index (χ4v) is 5.63. The SMILES string of the molecule is COc1cccc(-c2cc(Cl)ccc2C(Oc2ncnc3c(-c4ccc(CC(N)C(=O)O)cc4)csc23)C(F)(F)F)c1.Cl. The fourth-order valence-electron chi connectivity index (χ4n) is 4.50. The molecule has 0 aliphatic carbocycles. The van der Waals surface area contributed by atoms with Crippen LogP contribution in [0.1, 0.15) is 17.2 Å². The summed E-state index contributed by atoms with van der Waals surface area (Å²) in [6.07, 6.45) is -5.85. The zero-order valence-corrected chi connectivity index (χ0v) is 24.7. The maximum absolute atomic E-state index is 14.6. The van der Waals surface area contributed by atoms with Crippen LogP contribution in [0.4, 0.5) is 13.2 Å². The summed E-state index contributed by atoms with van der Waals surface area (Å²) in [5.74, 6) is -0.836. The lowest BCUT2D eigenvalue weighted by Crippen LogP contribution is -2.32. The molecule has 0 saturated heterocycles. The van der Waals surface area contributed by atoms with Gasteiger partial charge in [-0.05, 0) is 52.9 Å². The topological polar surface area (TPSA) is 108 Å². The lowest BCUT2D eigenvalue weighted by Gasteiger charge is -2.24. The van der Waals surface area contributed by atoms with Crippen molar-refractivity contribution in [2.75, 3.05) is 7.11 Å². The van der Waals surface area contributed by atoms with Crippen molar-refractivity contribution in [2.24, 2.45) is 5.73 Å². The maximum Gasteiger partial charge on any atom is 0.429 e. The molecule has 0 fully saturated rings. The number of aliphatic carboxylic acids is 1. The van der Waals surface area contributed by atoms with Gasteiger partial charge in [0.15, 0.2) is 0 Å². The first-order valence-electron chi connectivity index (χ1n) is 12.5. The van der Waals surface area contributed by atoms with E-state index in [4.69, 9.17) is 31.9 Å². The Hall–Kier alpha value is -3.90. The van der Waals surface area contributed by atoms with Gasteiger partial charge in [0.1, 0.15) is 22.8 Å². The Bertz CT molecular complexity index is 1750. The van der Waals surface area contributed by atoms with Crippen molar-refractivity contribution in [3.05, 3.63) is 94.6 Å². The highest BCUT2D eigenvalue weighted by Gasteiger charge is 2.45. The molecule has 5 aromatic rings. The Morgan fingerprint density at radius 1 is 1.05 bits per heavy atom. The van der Waals surface area contributed by atoms with E-state index in [2.05, 4.69) is 9.97 Å². The van der Waals surface area contributed by atoms with E-state index in [1.807, 2.05) is 0 Å². The molecule has 0 saturated carbocycles. The van der Waals surface area contributed by atoms with E-state index >= 15 is 0 Å². The normalized spacial score (nSPS) is 12.8. The smallest absolute Gasteiger partial charge is 0.429 e.